The predicted molar refractivity (Wildman–Crippen MR) is 88.2 cm³/mol. The third-order valence-corrected chi connectivity index (χ3v) is 6.12. The van der Waals surface area contributed by atoms with Crippen molar-refractivity contribution in [3.63, 3.8) is 0 Å². The molecule has 2 aliphatic carbocycles. The van der Waals surface area contributed by atoms with Crippen molar-refractivity contribution >= 4 is 0 Å². The fourth-order valence-electron chi connectivity index (χ4n) is 5.25. The second kappa shape index (κ2) is 7.79. The lowest BCUT2D eigenvalue weighted by Crippen LogP contribution is -2.61. The number of hydrogen-bond acceptors (Lipinski definition) is 2. The number of likely N-dealkylation sites (N-methyl/N-ethyl adjacent to an activating group) is 2. The summed E-state index contributed by atoms with van der Waals surface area (Å²) in [4.78, 5) is 2.78. The van der Waals surface area contributed by atoms with E-state index >= 15 is 0 Å². The second-order valence-corrected chi connectivity index (χ2v) is 7.00. The average molecular weight is 280 g/mol. The molecule has 0 heterocycles. The maximum Gasteiger partial charge on any atom is 0.0364 e. The van der Waals surface area contributed by atoms with E-state index in [4.69, 9.17) is 0 Å². The van der Waals surface area contributed by atoms with Gasteiger partial charge in [0.15, 0.2) is 0 Å². The van der Waals surface area contributed by atoms with Crippen LogP contribution in [0.3, 0.4) is 0 Å². The first kappa shape index (κ1) is 16.3. The molecule has 2 rings (SSSR count). The molecular formula is C18H36N2. The Labute approximate surface area is 126 Å². The van der Waals surface area contributed by atoms with Gasteiger partial charge in [0.05, 0.1) is 0 Å². The van der Waals surface area contributed by atoms with Crippen LogP contribution in [0, 0.1) is 5.92 Å². The predicted octanol–water partition coefficient (Wildman–Crippen LogP) is 4.20. The van der Waals surface area contributed by atoms with Crippen molar-refractivity contribution < 1.29 is 0 Å². The Hall–Kier alpha value is -0.0800. The highest BCUT2D eigenvalue weighted by atomic mass is 15.2. The molecular weight excluding hydrogens is 244 g/mol. The van der Waals surface area contributed by atoms with Gasteiger partial charge in [-0.1, -0.05) is 52.4 Å². The third-order valence-electron chi connectivity index (χ3n) is 6.12. The molecule has 1 unspecified atom stereocenters. The van der Waals surface area contributed by atoms with Crippen molar-refractivity contribution in [2.45, 2.75) is 89.6 Å². The first-order valence-electron chi connectivity index (χ1n) is 9.20. The van der Waals surface area contributed by atoms with Crippen LogP contribution in [0.5, 0.6) is 0 Å². The van der Waals surface area contributed by atoms with E-state index in [9.17, 15) is 0 Å². The van der Waals surface area contributed by atoms with Gasteiger partial charge in [0.2, 0.25) is 0 Å². The molecule has 2 nitrogen and oxygen atoms in total. The largest absolute Gasteiger partial charge is 0.315 e. The van der Waals surface area contributed by atoms with Crippen molar-refractivity contribution in [3.8, 4) is 0 Å². The molecule has 0 aliphatic heterocycles. The minimum absolute atomic E-state index is 0.452. The van der Waals surface area contributed by atoms with Gasteiger partial charge < -0.3 is 5.32 Å². The molecule has 0 aromatic carbocycles. The van der Waals surface area contributed by atoms with Crippen molar-refractivity contribution in [1.29, 1.82) is 0 Å². The number of hydrogen-bond donors (Lipinski definition) is 1. The highest BCUT2D eigenvalue weighted by Crippen LogP contribution is 2.43. The maximum atomic E-state index is 3.79. The lowest BCUT2D eigenvalue weighted by Gasteiger charge is -2.49. The first-order valence-corrected chi connectivity index (χ1v) is 9.20. The van der Waals surface area contributed by atoms with E-state index in [1.165, 1.54) is 77.3 Å². The molecule has 1 N–H and O–H groups in total. The van der Waals surface area contributed by atoms with E-state index in [1.807, 2.05) is 0 Å². The Balaban J connectivity index is 2.19. The molecule has 0 spiro atoms. The van der Waals surface area contributed by atoms with Crippen LogP contribution in [-0.4, -0.2) is 36.6 Å². The number of nitrogens with one attached hydrogen (secondary N) is 1. The zero-order chi connectivity index (χ0) is 14.4. The van der Waals surface area contributed by atoms with Gasteiger partial charge in [-0.3, -0.25) is 4.90 Å². The summed E-state index contributed by atoms with van der Waals surface area (Å²) in [5.41, 5.74) is 0.452. The van der Waals surface area contributed by atoms with Crippen molar-refractivity contribution in [2.75, 3.05) is 20.1 Å². The fraction of sp³-hybridized carbons (Fsp3) is 1.00. The van der Waals surface area contributed by atoms with Crippen LogP contribution in [0.15, 0.2) is 0 Å². The molecule has 2 aliphatic rings. The van der Waals surface area contributed by atoms with Gasteiger partial charge in [0.25, 0.3) is 0 Å². The summed E-state index contributed by atoms with van der Waals surface area (Å²) in [7, 11) is 2.22. The lowest BCUT2D eigenvalue weighted by molar-refractivity contribution is 0.0385. The molecule has 0 radical (unpaired) electrons. The van der Waals surface area contributed by atoms with E-state index in [1.54, 1.807) is 0 Å². The van der Waals surface area contributed by atoms with Crippen LogP contribution < -0.4 is 5.32 Å². The Morgan fingerprint density at radius 2 is 1.50 bits per heavy atom. The molecule has 1 atom stereocenters. The molecule has 0 bridgehead atoms. The van der Waals surface area contributed by atoms with Crippen molar-refractivity contribution in [2.24, 2.45) is 5.92 Å². The van der Waals surface area contributed by atoms with Crippen LogP contribution in [-0.2, 0) is 0 Å². The standard InChI is InChI=1S/C18H36N2/c1-4-20(5-2)18(14-10-11-15-18)17(19-3)16-12-8-6-7-9-13-16/h16-17,19H,4-15H2,1-3H3. The summed E-state index contributed by atoms with van der Waals surface area (Å²) >= 11 is 0. The van der Waals surface area contributed by atoms with Crippen LogP contribution in [0.1, 0.15) is 78.1 Å². The van der Waals surface area contributed by atoms with E-state index in [0.29, 0.717) is 11.6 Å². The maximum absolute atomic E-state index is 3.79. The first-order chi connectivity index (χ1) is 9.78. The van der Waals surface area contributed by atoms with Gasteiger partial charge in [0.1, 0.15) is 0 Å². The number of nitrogens with zero attached hydrogens (tertiary/aromatic N) is 1. The fourth-order valence-corrected chi connectivity index (χ4v) is 5.25. The van der Waals surface area contributed by atoms with Crippen LogP contribution >= 0.6 is 0 Å². The SMILES string of the molecule is CCN(CC)C1(C(NC)C2CCCCCC2)CCCC1. The summed E-state index contributed by atoms with van der Waals surface area (Å²) < 4.78 is 0. The topological polar surface area (TPSA) is 15.3 Å². The van der Waals surface area contributed by atoms with Gasteiger partial charge in [0, 0.05) is 11.6 Å². The second-order valence-electron chi connectivity index (χ2n) is 7.00. The average Bonchev–Trinajstić information content (AvgIpc) is 2.79. The molecule has 118 valence electrons. The van der Waals surface area contributed by atoms with Gasteiger partial charge in [-0.2, -0.15) is 0 Å². The Kier molecular flexibility index (Phi) is 6.35. The molecule has 0 amide bonds. The summed E-state index contributed by atoms with van der Waals surface area (Å²) in [6, 6.07) is 0.711. The Morgan fingerprint density at radius 3 is 1.95 bits per heavy atom. The highest BCUT2D eigenvalue weighted by Gasteiger charge is 2.46. The van der Waals surface area contributed by atoms with E-state index in [2.05, 4.69) is 31.1 Å². The smallest absolute Gasteiger partial charge is 0.0364 e. The van der Waals surface area contributed by atoms with Gasteiger partial charge >= 0.3 is 0 Å². The van der Waals surface area contributed by atoms with Gasteiger partial charge in [-0.05, 0) is 51.7 Å². The monoisotopic (exact) mass is 280 g/mol. The molecule has 0 saturated heterocycles. The summed E-state index contributed by atoms with van der Waals surface area (Å²) in [6.07, 6.45) is 14.4. The highest BCUT2D eigenvalue weighted by molar-refractivity contribution is 5.05. The number of rotatable bonds is 6. The minimum atomic E-state index is 0.452. The van der Waals surface area contributed by atoms with E-state index < -0.39 is 0 Å². The summed E-state index contributed by atoms with van der Waals surface area (Å²) in [6.45, 7) is 7.12. The Bertz CT molecular complexity index is 259. The summed E-state index contributed by atoms with van der Waals surface area (Å²) in [5.74, 6) is 0.904. The molecule has 0 aromatic heterocycles. The zero-order valence-electron chi connectivity index (χ0n) is 14.1. The van der Waals surface area contributed by atoms with E-state index in [0.717, 1.165) is 5.92 Å². The van der Waals surface area contributed by atoms with Crippen LogP contribution in [0.25, 0.3) is 0 Å². The van der Waals surface area contributed by atoms with Crippen molar-refractivity contribution in [1.82, 2.24) is 10.2 Å². The van der Waals surface area contributed by atoms with Crippen LogP contribution in [0.4, 0.5) is 0 Å². The van der Waals surface area contributed by atoms with Crippen LogP contribution in [0.2, 0.25) is 0 Å². The normalized spacial score (nSPS) is 25.8. The molecule has 0 aromatic rings. The van der Waals surface area contributed by atoms with Gasteiger partial charge in [-0.25, -0.2) is 0 Å². The van der Waals surface area contributed by atoms with Gasteiger partial charge in [-0.15, -0.1) is 0 Å². The summed E-state index contributed by atoms with van der Waals surface area (Å²) in [5, 5.41) is 3.79. The molecule has 2 fully saturated rings. The molecule has 20 heavy (non-hydrogen) atoms. The Morgan fingerprint density at radius 1 is 0.950 bits per heavy atom. The molecule has 2 heteroatoms. The molecule has 2 saturated carbocycles. The quantitative estimate of drug-likeness (QED) is 0.734. The van der Waals surface area contributed by atoms with E-state index in [-0.39, 0.29) is 0 Å². The zero-order valence-corrected chi connectivity index (χ0v) is 14.1. The lowest BCUT2D eigenvalue weighted by atomic mass is 9.76. The minimum Gasteiger partial charge on any atom is -0.315 e. The van der Waals surface area contributed by atoms with Crippen molar-refractivity contribution in [3.05, 3.63) is 0 Å². The third kappa shape index (κ3) is 3.22.